The molecule has 0 radical (unpaired) electrons. The lowest BCUT2D eigenvalue weighted by molar-refractivity contribution is -0.132. The van der Waals surface area contributed by atoms with Gasteiger partial charge in [0.25, 0.3) is 0 Å². The Morgan fingerprint density at radius 1 is 1.08 bits per heavy atom. The fraction of sp³-hybridized carbons (Fsp3) is 0.500. The molecule has 1 fully saturated rings. The van der Waals surface area contributed by atoms with Crippen LogP contribution in [0.2, 0.25) is 0 Å². The summed E-state index contributed by atoms with van der Waals surface area (Å²) in [5.74, 6) is 1.03. The highest BCUT2D eigenvalue weighted by molar-refractivity contribution is 5.81. The molecule has 6 heteroatoms. The second-order valence-corrected chi connectivity index (χ2v) is 11.4. The van der Waals surface area contributed by atoms with Crippen LogP contribution < -0.4 is 4.74 Å². The van der Waals surface area contributed by atoms with Gasteiger partial charge >= 0.3 is 6.09 Å². The van der Waals surface area contributed by atoms with Gasteiger partial charge in [-0.15, -0.1) is 6.58 Å². The first-order valence-corrected chi connectivity index (χ1v) is 13.9. The maximum absolute atomic E-state index is 13.1. The molecule has 0 saturated carbocycles. The van der Waals surface area contributed by atoms with Crippen LogP contribution in [0.3, 0.4) is 0 Å². The first-order valence-electron chi connectivity index (χ1n) is 13.9. The predicted molar refractivity (Wildman–Crippen MR) is 150 cm³/mol. The SMILES string of the molecule is C=CC[C@@H]1C[C@@H](COc2ccc3c(c2)CCN(C(=O)OC(C)(C)C)CC3)N(CCCc2ccccc2)C1=O. The van der Waals surface area contributed by atoms with Gasteiger partial charge in [0.05, 0.1) is 6.04 Å². The van der Waals surface area contributed by atoms with Gasteiger partial charge in [-0.1, -0.05) is 42.5 Å². The zero-order valence-electron chi connectivity index (χ0n) is 23.2. The largest absolute Gasteiger partial charge is 0.491 e. The topological polar surface area (TPSA) is 59.1 Å². The number of nitrogens with zero attached hydrogens (tertiary/aromatic N) is 2. The molecule has 2 amide bonds. The Hall–Kier alpha value is -3.28. The molecule has 2 aliphatic heterocycles. The minimum absolute atomic E-state index is 0.0105. The van der Waals surface area contributed by atoms with Gasteiger partial charge in [0.1, 0.15) is 18.0 Å². The Kier molecular flexibility index (Phi) is 9.13. The van der Waals surface area contributed by atoms with Crippen molar-refractivity contribution < 1.29 is 19.1 Å². The van der Waals surface area contributed by atoms with Gasteiger partial charge in [0.15, 0.2) is 0 Å². The third-order valence-corrected chi connectivity index (χ3v) is 7.36. The minimum atomic E-state index is -0.501. The van der Waals surface area contributed by atoms with Crippen molar-refractivity contribution >= 4 is 12.0 Å². The Morgan fingerprint density at radius 2 is 1.82 bits per heavy atom. The van der Waals surface area contributed by atoms with E-state index in [1.807, 2.05) is 43.9 Å². The van der Waals surface area contributed by atoms with E-state index in [1.165, 1.54) is 16.7 Å². The zero-order valence-corrected chi connectivity index (χ0v) is 23.2. The summed E-state index contributed by atoms with van der Waals surface area (Å²) in [5.41, 5.74) is 3.25. The van der Waals surface area contributed by atoms with Crippen LogP contribution in [-0.4, -0.2) is 59.7 Å². The first kappa shape index (κ1) is 27.7. The lowest BCUT2D eigenvalue weighted by Gasteiger charge is -2.26. The number of hydrogen-bond acceptors (Lipinski definition) is 4. The number of likely N-dealkylation sites (tertiary alicyclic amines) is 1. The molecule has 2 heterocycles. The molecular formula is C32H42N2O4. The number of carbonyl (C=O) groups is 2. The molecule has 0 aromatic heterocycles. The first-order chi connectivity index (χ1) is 18.2. The molecule has 4 rings (SSSR count). The average molecular weight is 519 g/mol. The van der Waals surface area contributed by atoms with Crippen molar-refractivity contribution in [2.45, 2.75) is 70.9 Å². The van der Waals surface area contributed by atoms with Gasteiger partial charge in [0.2, 0.25) is 5.91 Å². The molecule has 2 atom stereocenters. The number of fused-ring (bicyclic) bond motifs is 1. The van der Waals surface area contributed by atoms with E-state index in [2.05, 4.69) is 43.0 Å². The molecule has 0 bridgehead atoms. The number of hydrogen-bond donors (Lipinski definition) is 0. The van der Waals surface area contributed by atoms with E-state index in [0.717, 1.165) is 44.4 Å². The number of rotatable bonds is 9. The molecule has 2 aromatic carbocycles. The maximum Gasteiger partial charge on any atom is 0.410 e. The van der Waals surface area contributed by atoms with E-state index in [9.17, 15) is 9.59 Å². The quantitative estimate of drug-likeness (QED) is 0.392. The van der Waals surface area contributed by atoms with Gasteiger partial charge in [-0.05, 0) is 88.1 Å². The second-order valence-electron chi connectivity index (χ2n) is 11.4. The van der Waals surface area contributed by atoms with Crippen molar-refractivity contribution in [1.29, 1.82) is 0 Å². The summed E-state index contributed by atoms with van der Waals surface area (Å²) in [5, 5.41) is 0. The molecule has 0 unspecified atom stereocenters. The van der Waals surface area contributed by atoms with Gasteiger partial charge in [-0.3, -0.25) is 4.79 Å². The molecule has 2 aromatic rings. The fourth-order valence-corrected chi connectivity index (χ4v) is 5.41. The summed E-state index contributed by atoms with van der Waals surface area (Å²) < 4.78 is 11.9. The Labute approximate surface area is 227 Å². The van der Waals surface area contributed by atoms with Crippen LogP contribution in [-0.2, 0) is 28.8 Å². The lowest BCUT2D eigenvalue weighted by Crippen LogP contribution is -2.38. The molecule has 38 heavy (non-hydrogen) atoms. The molecular weight excluding hydrogens is 476 g/mol. The maximum atomic E-state index is 13.1. The summed E-state index contributed by atoms with van der Waals surface area (Å²) in [6.45, 7) is 12.0. The summed E-state index contributed by atoms with van der Waals surface area (Å²) in [6.07, 6.45) is 6.54. The van der Waals surface area contributed by atoms with E-state index in [-0.39, 0.29) is 24.0 Å². The third-order valence-electron chi connectivity index (χ3n) is 7.36. The molecule has 6 nitrogen and oxygen atoms in total. The van der Waals surface area contributed by atoms with Crippen molar-refractivity contribution in [1.82, 2.24) is 9.80 Å². The van der Waals surface area contributed by atoms with E-state index in [1.54, 1.807) is 4.90 Å². The van der Waals surface area contributed by atoms with Crippen LogP contribution in [0.4, 0.5) is 4.79 Å². The summed E-state index contributed by atoms with van der Waals surface area (Å²) in [4.78, 5) is 29.5. The number of aryl methyl sites for hydroxylation is 1. The van der Waals surface area contributed by atoms with Crippen LogP contribution in [0.5, 0.6) is 5.75 Å². The van der Waals surface area contributed by atoms with Gasteiger partial charge in [-0.25, -0.2) is 4.79 Å². The summed E-state index contributed by atoms with van der Waals surface area (Å²) in [7, 11) is 0. The van der Waals surface area contributed by atoms with Crippen molar-refractivity contribution in [3.63, 3.8) is 0 Å². The Balaban J connectivity index is 1.35. The Bertz CT molecular complexity index is 1110. The molecule has 1 saturated heterocycles. The molecule has 0 aliphatic carbocycles. The standard InChI is InChI=1S/C32H42N2O4/c1-5-10-27-21-28(34(30(27)35)18-9-13-24-11-7-6-8-12-24)23-37-29-15-14-25-16-19-33(20-17-26(25)22-29)31(36)38-32(2,3)4/h5-8,11-12,14-15,22,27-28H,1,9-10,13,16-21,23H2,2-4H3/t27-,28+/m1/s1. The number of carbonyl (C=O) groups excluding carboxylic acids is 2. The number of ether oxygens (including phenoxy) is 2. The van der Waals surface area contributed by atoms with Crippen molar-refractivity contribution in [3.05, 3.63) is 77.9 Å². The number of benzene rings is 2. The molecule has 204 valence electrons. The van der Waals surface area contributed by atoms with E-state index < -0.39 is 5.60 Å². The van der Waals surface area contributed by atoms with Crippen LogP contribution >= 0.6 is 0 Å². The van der Waals surface area contributed by atoms with E-state index >= 15 is 0 Å². The highest BCUT2D eigenvalue weighted by Gasteiger charge is 2.38. The van der Waals surface area contributed by atoms with Crippen LogP contribution in [0.1, 0.15) is 56.7 Å². The molecule has 0 N–H and O–H groups in total. The van der Waals surface area contributed by atoms with Crippen LogP contribution in [0, 0.1) is 5.92 Å². The predicted octanol–water partition coefficient (Wildman–Crippen LogP) is 5.83. The fourth-order valence-electron chi connectivity index (χ4n) is 5.41. The third kappa shape index (κ3) is 7.40. The van der Waals surface area contributed by atoms with Crippen molar-refractivity contribution in [2.75, 3.05) is 26.2 Å². The minimum Gasteiger partial charge on any atom is -0.491 e. The van der Waals surface area contributed by atoms with E-state index in [0.29, 0.717) is 26.1 Å². The molecule has 0 spiro atoms. The van der Waals surface area contributed by atoms with Crippen molar-refractivity contribution in [2.24, 2.45) is 5.92 Å². The number of allylic oxidation sites excluding steroid dienone is 1. The smallest absolute Gasteiger partial charge is 0.410 e. The highest BCUT2D eigenvalue weighted by atomic mass is 16.6. The average Bonchev–Trinajstić information content (AvgIpc) is 3.03. The second kappa shape index (κ2) is 12.5. The normalized spacial score (nSPS) is 19.6. The zero-order chi connectivity index (χ0) is 27.1. The van der Waals surface area contributed by atoms with Gasteiger partial charge < -0.3 is 19.3 Å². The Morgan fingerprint density at radius 3 is 2.53 bits per heavy atom. The monoisotopic (exact) mass is 518 g/mol. The van der Waals surface area contributed by atoms with Crippen LogP contribution in [0.15, 0.2) is 61.2 Å². The van der Waals surface area contributed by atoms with Gasteiger partial charge in [-0.2, -0.15) is 0 Å². The van der Waals surface area contributed by atoms with Crippen molar-refractivity contribution in [3.8, 4) is 5.75 Å². The lowest BCUT2D eigenvalue weighted by atomic mass is 10.0. The summed E-state index contributed by atoms with van der Waals surface area (Å²) in [6, 6.07) is 16.7. The van der Waals surface area contributed by atoms with E-state index in [4.69, 9.17) is 9.47 Å². The molecule has 2 aliphatic rings. The highest BCUT2D eigenvalue weighted by Crippen LogP contribution is 2.30. The summed E-state index contributed by atoms with van der Waals surface area (Å²) >= 11 is 0. The van der Waals surface area contributed by atoms with Gasteiger partial charge in [0, 0.05) is 25.6 Å². The number of amides is 2. The van der Waals surface area contributed by atoms with Crippen LogP contribution in [0.25, 0.3) is 0 Å².